The van der Waals surface area contributed by atoms with E-state index >= 15 is 0 Å². The van der Waals surface area contributed by atoms with E-state index in [0.29, 0.717) is 0 Å². The van der Waals surface area contributed by atoms with Crippen LogP contribution in [0.5, 0.6) is 0 Å². The van der Waals surface area contributed by atoms with Crippen molar-refractivity contribution in [1.82, 2.24) is 4.98 Å². The molecular weight excluding hydrogens is 262 g/mol. The van der Waals surface area contributed by atoms with Crippen LogP contribution in [0.1, 0.15) is 10.4 Å². The van der Waals surface area contributed by atoms with Crippen molar-refractivity contribution in [3.8, 4) is 0 Å². The number of pyridine rings is 1. The van der Waals surface area contributed by atoms with Gasteiger partial charge in [-0.15, -0.1) is 0 Å². The Morgan fingerprint density at radius 2 is 1.67 bits per heavy atom. The second kappa shape index (κ2) is 4.28. The molecule has 3 heteroatoms. The lowest BCUT2D eigenvalue weighted by atomic mass is 10.00. The molecule has 0 spiro atoms. The molecule has 3 aromatic carbocycles. The summed E-state index contributed by atoms with van der Waals surface area (Å²) in [6.45, 7) is 0. The Bertz CT molecular complexity index is 1020. The van der Waals surface area contributed by atoms with Gasteiger partial charge in [-0.2, -0.15) is 0 Å². The molecule has 1 N–H and O–H groups in total. The van der Waals surface area contributed by atoms with E-state index in [1.807, 2.05) is 24.3 Å². The number of benzene rings is 3. The highest BCUT2D eigenvalue weighted by Crippen LogP contribution is 2.28. The van der Waals surface area contributed by atoms with E-state index in [9.17, 15) is 4.79 Å². The second-order valence-electron chi connectivity index (χ2n) is 5.08. The van der Waals surface area contributed by atoms with Crippen LogP contribution in [-0.2, 0) is 0 Å². The Kier molecular flexibility index (Phi) is 2.42. The largest absolute Gasteiger partial charge is 0.478 e. The third-order valence-corrected chi connectivity index (χ3v) is 3.79. The van der Waals surface area contributed by atoms with Crippen LogP contribution in [0.4, 0.5) is 0 Å². The molecule has 4 rings (SSSR count). The summed E-state index contributed by atoms with van der Waals surface area (Å²) in [7, 11) is 0. The molecule has 0 fully saturated rings. The van der Waals surface area contributed by atoms with Crippen LogP contribution in [0.3, 0.4) is 0 Å². The van der Waals surface area contributed by atoms with Crippen LogP contribution < -0.4 is 0 Å². The zero-order valence-corrected chi connectivity index (χ0v) is 11.1. The van der Waals surface area contributed by atoms with Gasteiger partial charge < -0.3 is 5.11 Å². The van der Waals surface area contributed by atoms with Gasteiger partial charge >= 0.3 is 5.97 Å². The molecule has 1 aromatic heterocycles. The fraction of sp³-hybridized carbons (Fsp3) is 0. The Morgan fingerprint density at radius 1 is 0.857 bits per heavy atom. The number of aromatic nitrogens is 1. The van der Waals surface area contributed by atoms with E-state index in [-0.39, 0.29) is 5.56 Å². The molecule has 0 atom stereocenters. The topological polar surface area (TPSA) is 50.2 Å². The average molecular weight is 273 g/mol. The fourth-order valence-corrected chi connectivity index (χ4v) is 2.75. The van der Waals surface area contributed by atoms with Crippen LogP contribution in [0.2, 0.25) is 0 Å². The standard InChI is InChI=1S/C18H11NO2/c20-18(21)14-8-13-7-12-6-5-11-3-1-2-4-15(11)16(12)9-17(13)19-10-14/h1-10H,(H,20,21). The van der Waals surface area contributed by atoms with E-state index in [1.54, 1.807) is 6.07 Å². The molecule has 21 heavy (non-hydrogen) atoms. The first-order valence-electron chi connectivity index (χ1n) is 6.67. The van der Waals surface area contributed by atoms with Gasteiger partial charge in [-0.05, 0) is 39.7 Å². The number of hydrogen-bond donors (Lipinski definition) is 1. The van der Waals surface area contributed by atoms with Crippen LogP contribution in [-0.4, -0.2) is 16.1 Å². The average Bonchev–Trinajstić information content (AvgIpc) is 2.52. The molecular formula is C18H11NO2. The highest BCUT2D eigenvalue weighted by Gasteiger charge is 2.07. The minimum Gasteiger partial charge on any atom is -0.478 e. The Morgan fingerprint density at radius 3 is 2.52 bits per heavy atom. The highest BCUT2D eigenvalue weighted by molar-refractivity contribution is 6.11. The Hall–Kier alpha value is -2.94. The number of carbonyl (C=O) groups is 1. The zero-order chi connectivity index (χ0) is 14.4. The zero-order valence-electron chi connectivity index (χ0n) is 11.1. The predicted molar refractivity (Wildman–Crippen MR) is 83.7 cm³/mol. The first-order chi connectivity index (χ1) is 10.2. The molecule has 1 heterocycles. The molecule has 0 saturated heterocycles. The smallest absolute Gasteiger partial charge is 0.337 e. The third kappa shape index (κ3) is 1.82. The molecule has 0 bridgehead atoms. The number of carboxylic acids is 1. The highest BCUT2D eigenvalue weighted by atomic mass is 16.4. The summed E-state index contributed by atoms with van der Waals surface area (Å²) in [6.07, 6.45) is 1.40. The van der Waals surface area contributed by atoms with Crippen molar-refractivity contribution < 1.29 is 9.90 Å². The van der Waals surface area contributed by atoms with Gasteiger partial charge in [0.25, 0.3) is 0 Å². The summed E-state index contributed by atoms with van der Waals surface area (Å²) in [4.78, 5) is 15.3. The summed E-state index contributed by atoms with van der Waals surface area (Å²) in [5.74, 6) is -0.956. The molecule has 0 radical (unpaired) electrons. The molecule has 0 amide bonds. The van der Waals surface area contributed by atoms with E-state index in [1.165, 1.54) is 17.0 Å². The number of rotatable bonds is 1. The number of carboxylic acid groups (broad SMARTS) is 1. The van der Waals surface area contributed by atoms with Gasteiger partial charge in [-0.3, -0.25) is 4.98 Å². The maximum absolute atomic E-state index is 11.0. The fourth-order valence-electron chi connectivity index (χ4n) is 2.75. The van der Waals surface area contributed by atoms with E-state index in [0.717, 1.165) is 21.7 Å². The molecule has 0 unspecified atom stereocenters. The summed E-state index contributed by atoms with van der Waals surface area (Å²) >= 11 is 0. The molecule has 0 saturated carbocycles. The SMILES string of the molecule is O=C(O)c1cnc2cc3c(ccc4ccccc43)cc2c1. The van der Waals surface area contributed by atoms with Crippen LogP contribution in [0, 0.1) is 0 Å². The normalized spacial score (nSPS) is 11.2. The monoisotopic (exact) mass is 273 g/mol. The Balaban J connectivity index is 2.12. The van der Waals surface area contributed by atoms with Gasteiger partial charge in [0.15, 0.2) is 0 Å². The molecule has 0 aliphatic rings. The van der Waals surface area contributed by atoms with Gasteiger partial charge in [0, 0.05) is 11.6 Å². The summed E-state index contributed by atoms with van der Waals surface area (Å²) < 4.78 is 0. The maximum atomic E-state index is 11.0. The van der Waals surface area contributed by atoms with Crippen molar-refractivity contribution in [2.24, 2.45) is 0 Å². The van der Waals surface area contributed by atoms with Crippen LogP contribution in [0.15, 0.2) is 60.8 Å². The third-order valence-electron chi connectivity index (χ3n) is 3.79. The van der Waals surface area contributed by atoms with Gasteiger partial charge in [0.1, 0.15) is 0 Å². The summed E-state index contributed by atoms with van der Waals surface area (Å²) in [5, 5.41) is 14.5. The lowest BCUT2D eigenvalue weighted by Crippen LogP contribution is -1.96. The minimum atomic E-state index is -0.956. The van der Waals surface area contributed by atoms with Gasteiger partial charge in [-0.25, -0.2) is 4.79 Å². The molecule has 3 nitrogen and oxygen atoms in total. The van der Waals surface area contributed by atoms with Crippen molar-refractivity contribution >= 4 is 38.4 Å². The van der Waals surface area contributed by atoms with Crippen molar-refractivity contribution in [1.29, 1.82) is 0 Å². The Labute approximate surface area is 120 Å². The predicted octanol–water partition coefficient (Wildman–Crippen LogP) is 4.24. The first-order valence-corrected chi connectivity index (χ1v) is 6.67. The van der Waals surface area contributed by atoms with Gasteiger partial charge in [0.2, 0.25) is 0 Å². The van der Waals surface area contributed by atoms with Crippen molar-refractivity contribution in [3.63, 3.8) is 0 Å². The number of fused-ring (bicyclic) bond motifs is 4. The van der Waals surface area contributed by atoms with Crippen LogP contribution in [0.25, 0.3) is 32.4 Å². The quantitative estimate of drug-likeness (QED) is 0.417. The number of nitrogens with zero attached hydrogens (tertiary/aromatic N) is 1. The second-order valence-corrected chi connectivity index (χ2v) is 5.08. The van der Waals surface area contributed by atoms with E-state index in [4.69, 9.17) is 5.11 Å². The van der Waals surface area contributed by atoms with E-state index < -0.39 is 5.97 Å². The van der Waals surface area contributed by atoms with Crippen molar-refractivity contribution in [3.05, 3.63) is 66.4 Å². The number of hydrogen-bond acceptors (Lipinski definition) is 2. The van der Waals surface area contributed by atoms with Crippen LogP contribution >= 0.6 is 0 Å². The molecule has 0 aliphatic carbocycles. The summed E-state index contributed by atoms with van der Waals surface area (Å²) in [6, 6.07) is 18.0. The lowest BCUT2D eigenvalue weighted by Gasteiger charge is -2.06. The van der Waals surface area contributed by atoms with Crippen molar-refractivity contribution in [2.45, 2.75) is 0 Å². The molecule has 0 aliphatic heterocycles. The molecule has 4 aromatic rings. The summed E-state index contributed by atoms with van der Waals surface area (Å²) in [5.41, 5.74) is 1.02. The first kappa shape index (κ1) is 11.9. The number of aromatic carboxylic acids is 1. The lowest BCUT2D eigenvalue weighted by molar-refractivity contribution is 0.0696. The van der Waals surface area contributed by atoms with Gasteiger partial charge in [0.05, 0.1) is 11.1 Å². The van der Waals surface area contributed by atoms with Crippen molar-refractivity contribution in [2.75, 3.05) is 0 Å². The van der Waals surface area contributed by atoms with Gasteiger partial charge in [-0.1, -0.05) is 36.4 Å². The van der Waals surface area contributed by atoms with E-state index in [2.05, 4.69) is 29.2 Å². The minimum absolute atomic E-state index is 0.211. The molecule has 100 valence electrons. The maximum Gasteiger partial charge on any atom is 0.337 e.